The maximum Gasteiger partial charge on any atom is 0.271 e. The molecule has 0 fully saturated rings. The maximum absolute atomic E-state index is 12.4. The summed E-state index contributed by atoms with van der Waals surface area (Å²) in [4.78, 5) is 11.9. The van der Waals surface area contributed by atoms with E-state index in [2.05, 4.69) is 9.88 Å². The first-order valence-electron chi connectivity index (χ1n) is 6.60. The minimum atomic E-state index is -3.70. The summed E-state index contributed by atoms with van der Waals surface area (Å²) in [6, 6.07) is 11.1. The number of nitrogens with one attached hydrogen (secondary N) is 1. The van der Waals surface area contributed by atoms with E-state index in [0.29, 0.717) is 21.9 Å². The number of anilines is 1. The van der Waals surface area contributed by atoms with Crippen LogP contribution in [-0.2, 0) is 10.0 Å². The predicted molar refractivity (Wildman–Crippen MR) is 87.1 cm³/mol. The van der Waals surface area contributed by atoms with Crippen LogP contribution in [0.25, 0.3) is 10.6 Å². The van der Waals surface area contributed by atoms with Crippen LogP contribution in [0.2, 0.25) is 0 Å². The van der Waals surface area contributed by atoms with E-state index in [9.17, 15) is 13.2 Å². The molecule has 1 N–H and O–H groups in total. The number of ketones is 1. The SMILES string of the molecule is CC(=O)c1ccc(NS(=O)(=O)c2ccc(-c3ccno3)s2)cc1. The van der Waals surface area contributed by atoms with Crippen molar-refractivity contribution in [1.29, 1.82) is 0 Å². The van der Waals surface area contributed by atoms with Gasteiger partial charge < -0.3 is 4.52 Å². The van der Waals surface area contributed by atoms with Gasteiger partial charge in [-0.05, 0) is 43.3 Å². The summed E-state index contributed by atoms with van der Waals surface area (Å²) >= 11 is 1.09. The number of carbonyl (C=O) groups excluding carboxylic acids is 1. The summed E-state index contributed by atoms with van der Waals surface area (Å²) in [6.07, 6.45) is 1.50. The molecule has 0 amide bonds. The molecule has 118 valence electrons. The number of Topliss-reactive ketones (excluding diaryl/α,β-unsaturated/α-hetero) is 1. The van der Waals surface area contributed by atoms with E-state index in [4.69, 9.17) is 4.52 Å². The topological polar surface area (TPSA) is 89.3 Å². The Morgan fingerprint density at radius 1 is 1.13 bits per heavy atom. The van der Waals surface area contributed by atoms with Gasteiger partial charge >= 0.3 is 0 Å². The first kappa shape index (κ1) is 15.4. The van der Waals surface area contributed by atoms with Crippen molar-refractivity contribution >= 4 is 32.8 Å². The van der Waals surface area contributed by atoms with Crippen LogP contribution in [0.4, 0.5) is 5.69 Å². The highest BCUT2D eigenvalue weighted by Gasteiger charge is 2.18. The van der Waals surface area contributed by atoms with Crippen molar-refractivity contribution in [2.75, 3.05) is 4.72 Å². The third kappa shape index (κ3) is 3.33. The van der Waals surface area contributed by atoms with Crippen molar-refractivity contribution in [3.8, 4) is 10.6 Å². The number of thiophene rings is 1. The average molecular weight is 348 g/mol. The van der Waals surface area contributed by atoms with Crippen LogP contribution in [0.1, 0.15) is 17.3 Å². The zero-order valence-corrected chi connectivity index (χ0v) is 13.6. The Morgan fingerprint density at radius 2 is 1.87 bits per heavy atom. The molecule has 0 bridgehead atoms. The Bertz CT molecular complexity index is 926. The number of aromatic nitrogens is 1. The Kier molecular flexibility index (Phi) is 4.01. The molecule has 0 aliphatic rings. The van der Waals surface area contributed by atoms with Crippen LogP contribution in [0.5, 0.6) is 0 Å². The maximum atomic E-state index is 12.4. The van der Waals surface area contributed by atoms with Gasteiger partial charge in [0.2, 0.25) is 0 Å². The molecule has 3 rings (SSSR count). The molecular weight excluding hydrogens is 336 g/mol. The molecule has 0 aliphatic carbocycles. The minimum absolute atomic E-state index is 0.0747. The van der Waals surface area contributed by atoms with E-state index >= 15 is 0 Å². The Labute approximate surface area is 136 Å². The van der Waals surface area contributed by atoms with Gasteiger partial charge in [-0.3, -0.25) is 9.52 Å². The molecule has 0 unspecified atom stereocenters. The number of benzene rings is 1. The molecule has 0 saturated carbocycles. The number of hydrogen-bond donors (Lipinski definition) is 1. The molecule has 0 saturated heterocycles. The van der Waals surface area contributed by atoms with Crippen LogP contribution < -0.4 is 4.72 Å². The predicted octanol–water partition coefficient (Wildman–Crippen LogP) is 3.41. The lowest BCUT2D eigenvalue weighted by molar-refractivity contribution is 0.101. The largest absolute Gasteiger partial charge is 0.355 e. The fourth-order valence-corrected chi connectivity index (χ4v) is 4.24. The standard InChI is InChI=1S/C15H12N2O4S2/c1-10(18)11-2-4-12(5-3-11)17-23(19,20)15-7-6-14(22-15)13-8-9-16-21-13/h2-9,17H,1H3. The number of nitrogens with zero attached hydrogens (tertiary/aromatic N) is 1. The second-order valence-corrected chi connectivity index (χ2v) is 7.73. The van der Waals surface area contributed by atoms with Gasteiger partial charge in [0, 0.05) is 17.3 Å². The van der Waals surface area contributed by atoms with Crippen LogP contribution >= 0.6 is 11.3 Å². The van der Waals surface area contributed by atoms with Crippen molar-refractivity contribution in [2.45, 2.75) is 11.1 Å². The van der Waals surface area contributed by atoms with Crippen LogP contribution in [0.3, 0.4) is 0 Å². The molecule has 0 atom stereocenters. The summed E-state index contributed by atoms with van der Waals surface area (Å²) in [5.74, 6) is 0.441. The quantitative estimate of drug-likeness (QED) is 0.714. The fourth-order valence-electron chi connectivity index (χ4n) is 1.92. The van der Waals surface area contributed by atoms with Gasteiger partial charge in [0.05, 0.1) is 11.1 Å². The highest BCUT2D eigenvalue weighted by molar-refractivity contribution is 7.94. The second kappa shape index (κ2) is 5.98. The van der Waals surface area contributed by atoms with Gasteiger partial charge in [-0.2, -0.15) is 0 Å². The molecule has 2 aromatic heterocycles. The lowest BCUT2D eigenvalue weighted by Crippen LogP contribution is -2.11. The number of hydrogen-bond acceptors (Lipinski definition) is 6. The zero-order valence-electron chi connectivity index (χ0n) is 12.0. The summed E-state index contributed by atoms with van der Waals surface area (Å²) in [6.45, 7) is 1.45. The molecule has 6 nitrogen and oxygen atoms in total. The van der Waals surface area contributed by atoms with Gasteiger partial charge in [0.15, 0.2) is 11.5 Å². The summed E-state index contributed by atoms with van der Waals surface area (Å²) in [5, 5.41) is 3.60. The van der Waals surface area contributed by atoms with E-state index in [1.54, 1.807) is 36.4 Å². The summed E-state index contributed by atoms with van der Waals surface area (Å²) < 4.78 is 32.4. The van der Waals surface area contributed by atoms with Gasteiger partial charge in [0.1, 0.15) is 4.21 Å². The van der Waals surface area contributed by atoms with Crippen LogP contribution in [0, 0.1) is 0 Å². The van der Waals surface area contributed by atoms with Crippen molar-refractivity contribution in [3.63, 3.8) is 0 Å². The molecule has 0 aliphatic heterocycles. The van der Waals surface area contributed by atoms with Gasteiger partial charge in [-0.1, -0.05) is 5.16 Å². The monoisotopic (exact) mass is 348 g/mol. The lowest BCUT2D eigenvalue weighted by atomic mass is 10.1. The highest BCUT2D eigenvalue weighted by atomic mass is 32.2. The third-order valence-corrected chi connectivity index (χ3v) is 6.04. The van der Waals surface area contributed by atoms with E-state index in [1.807, 2.05) is 0 Å². The van der Waals surface area contributed by atoms with Crippen LogP contribution in [-0.4, -0.2) is 19.4 Å². The molecular formula is C15H12N2O4S2. The first-order chi connectivity index (χ1) is 11.0. The molecule has 8 heteroatoms. The number of carbonyl (C=O) groups is 1. The van der Waals surface area contributed by atoms with Crippen molar-refractivity contribution < 1.29 is 17.7 Å². The van der Waals surface area contributed by atoms with Gasteiger partial charge in [-0.15, -0.1) is 11.3 Å². The van der Waals surface area contributed by atoms with Crippen LogP contribution in [0.15, 0.2) is 57.4 Å². The Hall–Kier alpha value is -2.45. The van der Waals surface area contributed by atoms with Crippen molar-refractivity contribution in [3.05, 3.63) is 54.2 Å². The van der Waals surface area contributed by atoms with Crippen molar-refractivity contribution in [2.24, 2.45) is 0 Å². The van der Waals surface area contributed by atoms with E-state index < -0.39 is 10.0 Å². The molecule has 0 spiro atoms. The van der Waals surface area contributed by atoms with E-state index in [0.717, 1.165) is 11.3 Å². The van der Waals surface area contributed by atoms with Crippen molar-refractivity contribution in [1.82, 2.24) is 5.16 Å². The summed E-state index contributed by atoms with van der Waals surface area (Å²) in [7, 11) is -3.70. The molecule has 2 heterocycles. The zero-order chi connectivity index (χ0) is 16.4. The Balaban J connectivity index is 1.83. The third-order valence-electron chi connectivity index (χ3n) is 3.07. The number of sulfonamides is 1. The molecule has 0 radical (unpaired) electrons. The minimum Gasteiger partial charge on any atom is -0.355 e. The Morgan fingerprint density at radius 3 is 2.48 bits per heavy atom. The highest BCUT2D eigenvalue weighted by Crippen LogP contribution is 2.31. The van der Waals surface area contributed by atoms with E-state index in [-0.39, 0.29) is 9.99 Å². The average Bonchev–Trinajstić information content (AvgIpc) is 3.19. The fraction of sp³-hybridized carbons (Fsp3) is 0.0667. The molecule has 23 heavy (non-hydrogen) atoms. The normalized spacial score (nSPS) is 11.3. The summed E-state index contributed by atoms with van der Waals surface area (Å²) in [5.41, 5.74) is 0.918. The van der Waals surface area contributed by atoms with Gasteiger partial charge in [0.25, 0.3) is 10.0 Å². The van der Waals surface area contributed by atoms with E-state index in [1.165, 1.54) is 19.2 Å². The molecule has 1 aromatic carbocycles. The lowest BCUT2D eigenvalue weighted by Gasteiger charge is -2.06. The number of rotatable bonds is 5. The first-order valence-corrected chi connectivity index (χ1v) is 8.90. The second-order valence-electron chi connectivity index (χ2n) is 4.73. The van der Waals surface area contributed by atoms with Gasteiger partial charge in [-0.25, -0.2) is 8.42 Å². The smallest absolute Gasteiger partial charge is 0.271 e. The molecule has 3 aromatic rings.